The number of Topliss-reactive ketones (excluding diaryl/α,β-unsaturated/α-hetero) is 1. The minimum Gasteiger partial charge on any atom is -0.481 e. The first-order valence-electron chi connectivity index (χ1n) is 13.0. The maximum Gasteiger partial charge on any atom is 0.303 e. The van der Waals surface area contributed by atoms with Crippen molar-refractivity contribution in [1.82, 2.24) is 4.90 Å². The molecular weight excluding hydrogens is 470 g/mol. The van der Waals surface area contributed by atoms with Gasteiger partial charge in [0.2, 0.25) is 0 Å². The lowest BCUT2D eigenvalue weighted by Crippen LogP contribution is -2.47. The normalized spacial score (nSPS) is 22.9. The van der Waals surface area contributed by atoms with Crippen molar-refractivity contribution < 1.29 is 19.4 Å². The van der Waals surface area contributed by atoms with Gasteiger partial charge in [0.25, 0.3) is 0 Å². The number of nitrogens with zero attached hydrogens (tertiary/aromatic N) is 1. The van der Waals surface area contributed by atoms with Gasteiger partial charge in [-0.05, 0) is 42.4 Å². The second-order valence-electron chi connectivity index (χ2n) is 9.74. The number of benzene rings is 2. The van der Waals surface area contributed by atoms with Crippen molar-refractivity contribution in [3.05, 3.63) is 83.4 Å². The van der Waals surface area contributed by atoms with Gasteiger partial charge in [0.1, 0.15) is 0 Å². The van der Waals surface area contributed by atoms with E-state index in [9.17, 15) is 9.59 Å². The van der Waals surface area contributed by atoms with Crippen molar-refractivity contribution in [3.8, 4) is 0 Å². The summed E-state index contributed by atoms with van der Waals surface area (Å²) in [7, 11) is 0. The van der Waals surface area contributed by atoms with Gasteiger partial charge in [-0.15, -0.1) is 0 Å². The summed E-state index contributed by atoms with van der Waals surface area (Å²) in [5.74, 6) is 1.86. The number of hydrogen-bond donors (Lipinski definition) is 1. The highest BCUT2D eigenvalue weighted by molar-refractivity contribution is 7.99. The fourth-order valence-electron chi connectivity index (χ4n) is 5.29. The zero-order chi connectivity index (χ0) is 25.2. The predicted molar refractivity (Wildman–Crippen MR) is 145 cm³/mol. The highest BCUT2D eigenvalue weighted by Gasteiger charge is 2.45. The molecule has 1 aliphatic heterocycles. The standard InChI is InChI=1S/C30H37NO4S/c32-27-21-28(35-22-25-14-12-24(13-15-25)20-23-8-4-3-5-9-23)26(10-6-1-2-7-11-29(33)34)30(27)31-16-18-36-19-17-31/h1-5,8-9,12-15,26,28,30H,6-7,10-11,16-22H2,(H,33,34)/b2-1-/t26-,28-,30+/m0/s1. The van der Waals surface area contributed by atoms with E-state index < -0.39 is 5.97 Å². The third kappa shape index (κ3) is 7.79. The molecule has 2 fully saturated rings. The second kappa shape index (κ2) is 13.8. The molecular formula is C30H37NO4S. The number of carbonyl (C=O) groups is 2. The van der Waals surface area contributed by atoms with Gasteiger partial charge in [-0.25, -0.2) is 0 Å². The lowest BCUT2D eigenvalue weighted by atomic mass is 9.93. The Labute approximate surface area is 218 Å². The van der Waals surface area contributed by atoms with Crippen molar-refractivity contribution >= 4 is 23.5 Å². The molecule has 3 atom stereocenters. The summed E-state index contributed by atoms with van der Waals surface area (Å²) < 4.78 is 6.41. The molecule has 5 nitrogen and oxygen atoms in total. The number of ether oxygens (including phenoxy) is 1. The van der Waals surface area contributed by atoms with Crippen LogP contribution in [0, 0.1) is 5.92 Å². The fourth-order valence-corrected chi connectivity index (χ4v) is 6.22. The largest absolute Gasteiger partial charge is 0.481 e. The second-order valence-corrected chi connectivity index (χ2v) is 11.0. The summed E-state index contributed by atoms with van der Waals surface area (Å²) in [6, 6.07) is 19.0. The van der Waals surface area contributed by atoms with Crippen molar-refractivity contribution in [2.45, 2.75) is 57.3 Å². The summed E-state index contributed by atoms with van der Waals surface area (Å²) in [5, 5.41) is 8.82. The minimum absolute atomic E-state index is 0.0587. The molecule has 0 spiro atoms. The van der Waals surface area contributed by atoms with E-state index in [1.54, 1.807) is 0 Å². The number of carboxylic acids is 1. The first-order chi connectivity index (χ1) is 17.6. The Balaban J connectivity index is 1.35. The lowest BCUT2D eigenvalue weighted by molar-refractivity contribution is -0.136. The highest BCUT2D eigenvalue weighted by atomic mass is 32.2. The summed E-state index contributed by atoms with van der Waals surface area (Å²) >= 11 is 1.96. The number of aliphatic carboxylic acids is 1. The van der Waals surface area contributed by atoms with Crippen molar-refractivity contribution in [2.75, 3.05) is 24.6 Å². The SMILES string of the molecule is O=C(O)CC/C=C\CC[C@H]1[C@@H](OCc2ccc(Cc3ccccc3)cc2)CC(=O)[C@@H]1N1CCSCC1. The molecule has 1 N–H and O–H groups in total. The van der Waals surface area contributed by atoms with Crippen LogP contribution in [0.5, 0.6) is 0 Å². The van der Waals surface area contributed by atoms with E-state index in [1.165, 1.54) is 11.1 Å². The van der Waals surface area contributed by atoms with Crippen LogP contribution in [0.4, 0.5) is 0 Å². The average Bonchev–Trinajstić information content (AvgIpc) is 3.21. The zero-order valence-electron chi connectivity index (χ0n) is 20.9. The van der Waals surface area contributed by atoms with E-state index in [2.05, 4.69) is 59.5 Å². The molecule has 1 heterocycles. The molecule has 0 radical (unpaired) electrons. The molecule has 1 saturated carbocycles. The van der Waals surface area contributed by atoms with Gasteiger partial charge >= 0.3 is 5.97 Å². The Bertz CT molecular complexity index is 1000. The molecule has 4 rings (SSSR count). The van der Waals surface area contributed by atoms with E-state index in [0.29, 0.717) is 25.2 Å². The van der Waals surface area contributed by atoms with Crippen LogP contribution in [-0.2, 0) is 27.4 Å². The monoisotopic (exact) mass is 507 g/mol. The minimum atomic E-state index is -0.773. The molecule has 2 aromatic rings. The highest BCUT2D eigenvalue weighted by Crippen LogP contribution is 2.35. The van der Waals surface area contributed by atoms with Crippen LogP contribution in [0.3, 0.4) is 0 Å². The van der Waals surface area contributed by atoms with Crippen molar-refractivity contribution in [2.24, 2.45) is 5.92 Å². The van der Waals surface area contributed by atoms with Crippen molar-refractivity contribution in [3.63, 3.8) is 0 Å². The molecule has 0 bridgehead atoms. The van der Waals surface area contributed by atoms with Gasteiger partial charge in [0.15, 0.2) is 5.78 Å². The van der Waals surface area contributed by atoms with E-state index in [1.807, 2.05) is 23.9 Å². The molecule has 0 amide bonds. The third-order valence-electron chi connectivity index (χ3n) is 7.15. The molecule has 0 aromatic heterocycles. The van der Waals surface area contributed by atoms with Gasteiger partial charge in [0.05, 0.1) is 18.8 Å². The quantitative estimate of drug-likeness (QED) is 0.390. The van der Waals surface area contributed by atoms with Crippen molar-refractivity contribution in [1.29, 1.82) is 0 Å². The van der Waals surface area contributed by atoms with Crippen LogP contribution in [0.15, 0.2) is 66.7 Å². The molecule has 1 saturated heterocycles. The Kier molecular flexibility index (Phi) is 10.2. The molecule has 36 heavy (non-hydrogen) atoms. The lowest BCUT2D eigenvalue weighted by Gasteiger charge is -2.35. The van der Waals surface area contributed by atoms with Crippen LogP contribution < -0.4 is 0 Å². The summed E-state index contributed by atoms with van der Waals surface area (Å²) in [6.07, 6.45) is 7.75. The molecule has 2 aromatic carbocycles. The molecule has 1 aliphatic carbocycles. The number of carboxylic acid groups (broad SMARTS) is 1. The fraction of sp³-hybridized carbons (Fsp3) is 0.467. The van der Waals surface area contributed by atoms with Gasteiger partial charge in [-0.3, -0.25) is 14.5 Å². The maximum atomic E-state index is 13.1. The van der Waals surface area contributed by atoms with Gasteiger partial charge in [-0.1, -0.05) is 66.7 Å². The number of hydrogen-bond acceptors (Lipinski definition) is 5. The van der Waals surface area contributed by atoms with E-state index in [4.69, 9.17) is 9.84 Å². The Hall–Kier alpha value is -2.41. The Morgan fingerprint density at radius 3 is 2.36 bits per heavy atom. The number of rotatable bonds is 12. The van der Waals surface area contributed by atoms with E-state index >= 15 is 0 Å². The summed E-state index contributed by atoms with van der Waals surface area (Å²) in [5.41, 5.74) is 3.70. The molecule has 2 aliphatic rings. The number of carbonyl (C=O) groups excluding carboxylic acids is 1. The molecule has 192 valence electrons. The molecule has 0 unspecified atom stereocenters. The predicted octanol–water partition coefficient (Wildman–Crippen LogP) is 5.37. The van der Waals surface area contributed by atoms with Crippen LogP contribution in [0.25, 0.3) is 0 Å². The van der Waals surface area contributed by atoms with Crippen LogP contribution in [0.1, 0.15) is 48.8 Å². The Morgan fingerprint density at radius 1 is 0.972 bits per heavy atom. The zero-order valence-corrected chi connectivity index (χ0v) is 21.7. The van der Waals surface area contributed by atoms with Crippen LogP contribution in [-0.4, -0.2) is 58.5 Å². The summed E-state index contributed by atoms with van der Waals surface area (Å²) in [6.45, 7) is 2.43. The van der Waals surface area contributed by atoms with Gasteiger partial charge in [-0.2, -0.15) is 11.8 Å². The van der Waals surface area contributed by atoms with Crippen LogP contribution >= 0.6 is 11.8 Å². The average molecular weight is 508 g/mol. The maximum absolute atomic E-state index is 13.1. The smallest absolute Gasteiger partial charge is 0.303 e. The topological polar surface area (TPSA) is 66.8 Å². The first kappa shape index (κ1) is 26.6. The molecule has 6 heteroatoms. The third-order valence-corrected chi connectivity index (χ3v) is 8.09. The number of ketones is 1. The number of allylic oxidation sites excluding steroid dienone is 2. The van der Waals surface area contributed by atoms with E-state index in [0.717, 1.165) is 49.4 Å². The van der Waals surface area contributed by atoms with Gasteiger partial charge < -0.3 is 9.84 Å². The van der Waals surface area contributed by atoms with Gasteiger partial charge in [0, 0.05) is 43.4 Å². The van der Waals surface area contributed by atoms with Crippen LogP contribution in [0.2, 0.25) is 0 Å². The van der Waals surface area contributed by atoms with E-state index in [-0.39, 0.29) is 24.5 Å². The first-order valence-corrected chi connectivity index (χ1v) is 14.2. The number of thioether (sulfide) groups is 1. The summed E-state index contributed by atoms with van der Waals surface area (Å²) in [4.78, 5) is 26.2. The Morgan fingerprint density at radius 2 is 1.64 bits per heavy atom.